The summed E-state index contributed by atoms with van der Waals surface area (Å²) in [5.41, 5.74) is 0. The van der Waals surface area contributed by atoms with Crippen molar-refractivity contribution in [3.8, 4) is 10.7 Å². The van der Waals surface area contributed by atoms with Crippen LogP contribution in [0.15, 0.2) is 22.0 Å². The van der Waals surface area contributed by atoms with Crippen LogP contribution in [0.3, 0.4) is 0 Å². The zero-order valence-corrected chi connectivity index (χ0v) is 13.8. The fourth-order valence-corrected chi connectivity index (χ4v) is 2.69. The lowest BCUT2D eigenvalue weighted by atomic mass is 10.0. The van der Waals surface area contributed by atoms with Crippen molar-refractivity contribution < 1.29 is 19.2 Å². The van der Waals surface area contributed by atoms with Crippen molar-refractivity contribution in [2.45, 2.75) is 39.2 Å². The Balaban J connectivity index is 1.85. The molecule has 0 aliphatic rings. The molecule has 2 heterocycles. The monoisotopic (exact) mass is 337 g/mol. The normalized spacial score (nSPS) is 12.3. The van der Waals surface area contributed by atoms with E-state index in [9.17, 15) is 9.59 Å². The Morgan fingerprint density at radius 1 is 1.43 bits per heavy atom. The molecule has 7 nitrogen and oxygen atoms in total. The summed E-state index contributed by atoms with van der Waals surface area (Å²) < 4.78 is 5.11. The highest BCUT2D eigenvalue weighted by atomic mass is 32.1. The molecule has 1 atom stereocenters. The fraction of sp³-hybridized carbons (Fsp3) is 0.467. The van der Waals surface area contributed by atoms with E-state index in [1.807, 2.05) is 31.4 Å². The number of thiophene rings is 1. The molecule has 0 bridgehead atoms. The van der Waals surface area contributed by atoms with Gasteiger partial charge in [0.2, 0.25) is 17.6 Å². The second kappa shape index (κ2) is 7.87. The summed E-state index contributed by atoms with van der Waals surface area (Å²) in [4.78, 5) is 28.1. The zero-order chi connectivity index (χ0) is 16.8. The van der Waals surface area contributed by atoms with E-state index in [-0.39, 0.29) is 24.7 Å². The lowest BCUT2D eigenvalue weighted by Gasteiger charge is -2.16. The van der Waals surface area contributed by atoms with Gasteiger partial charge >= 0.3 is 5.97 Å². The molecule has 0 saturated carbocycles. The maximum absolute atomic E-state index is 11.9. The van der Waals surface area contributed by atoms with Gasteiger partial charge in [0.15, 0.2) is 0 Å². The van der Waals surface area contributed by atoms with Gasteiger partial charge in [-0.25, -0.2) is 4.79 Å². The predicted octanol–water partition coefficient (Wildman–Crippen LogP) is 2.35. The minimum absolute atomic E-state index is 0.105. The molecule has 23 heavy (non-hydrogen) atoms. The molecule has 0 aliphatic heterocycles. The van der Waals surface area contributed by atoms with Gasteiger partial charge in [-0.15, -0.1) is 11.3 Å². The minimum Gasteiger partial charge on any atom is -0.480 e. The first-order valence-corrected chi connectivity index (χ1v) is 8.22. The minimum atomic E-state index is -1.02. The van der Waals surface area contributed by atoms with Crippen molar-refractivity contribution in [2.24, 2.45) is 5.92 Å². The van der Waals surface area contributed by atoms with E-state index in [0.717, 1.165) is 4.88 Å². The van der Waals surface area contributed by atoms with Crippen LogP contribution in [0.2, 0.25) is 0 Å². The molecular weight excluding hydrogens is 318 g/mol. The van der Waals surface area contributed by atoms with Gasteiger partial charge < -0.3 is 14.9 Å². The second-order valence-electron chi connectivity index (χ2n) is 5.58. The van der Waals surface area contributed by atoms with E-state index >= 15 is 0 Å². The van der Waals surface area contributed by atoms with Crippen molar-refractivity contribution in [2.75, 3.05) is 0 Å². The Morgan fingerprint density at radius 3 is 2.83 bits per heavy atom. The molecule has 8 heteroatoms. The van der Waals surface area contributed by atoms with Crippen LogP contribution in [0.5, 0.6) is 0 Å². The van der Waals surface area contributed by atoms with Gasteiger partial charge in [-0.2, -0.15) is 4.98 Å². The number of amides is 1. The third-order valence-electron chi connectivity index (χ3n) is 3.12. The Morgan fingerprint density at radius 2 is 2.22 bits per heavy atom. The number of aliphatic carboxylic acids is 1. The first-order chi connectivity index (χ1) is 11.0. The molecule has 2 rings (SSSR count). The summed E-state index contributed by atoms with van der Waals surface area (Å²) in [6.45, 7) is 3.82. The summed E-state index contributed by atoms with van der Waals surface area (Å²) in [5, 5.41) is 17.4. The summed E-state index contributed by atoms with van der Waals surface area (Å²) in [5.74, 6) is -0.322. The van der Waals surface area contributed by atoms with Gasteiger partial charge in [-0.3, -0.25) is 4.79 Å². The Labute approximate surface area is 137 Å². The lowest BCUT2D eigenvalue weighted by Crippen LogP contribution is -2.41. The van der Waals surface area contributed by atoms with Crippen LogP contribution in [0.4, 0.5) is 0 Å². The Kier molecular flexibility index (Phi) is 5.86. The number of carboxylic acid groups (broad SMARTS) is 1. The molecule has 0 aromatic carbocycles. The van der Waals surface area contributed by atoms with Crippen LogP contribution in [0.25, 0.3) is 10.7 Å². The number of hydrogen-bond acceptors (Lipinski definition) is 6. The number of aromatic nitrogens is 2. The van der Waals surface area contributed by atoms with E-state index in [4.69, 9.17) is 9.63 Å². The van der Waals surface area contributed by atoms with Gasteiger partial charge in [-0.05, 0) is 23.8 Å². The SMILES string of the molecule is CC(C)C[C@@H](NC(=O)CCc1nc(-c2cccs2)no1)C(=O)O. The number of nitrogens with zero attached hydrogens (tertiary/aromatic N) is 2. The van der Waals surface area contributed by atoms with E-state index in [2.05, 4.69) is 15.5 Å². The number of carboxylic acids is 1. The lowest BCUT2D eigenvalue weighted by molar-refractivity contribution is -0.142. The molecule has 124 valence electrons. The Bertz CT molecular complexity index is 651. The van der Waals surface area contributed by atoms with Crippen LogP contribution >= 0.6 is 11.3 Å². The van der Waals surface area contributed by atoms with Crippen LogP contribution < -0.4 is 5.32 Å². The first kappa shape index (κ1) is 17.1. The fourth-order valence-electron chi connectivity index (χ4n) is 2.04. The molecule has 0 unspecified atom stereocenters. The van der Waals surface area contributed by atoms with Crippen LogP contribution in [-0.2, 0) is 16.0 Å². The first-order valence-electron chi connectivity index (χ1n) is 7.34. The van der Waals surface area contributed by atoms with Gasteiger partial charge in [0.1, 0.15) is 6.04 Å². The van der Waals surface area contributed by atoms with E-state index in [0.29, 0.717) is 18.1 Å². The smallest absolute Gasteiger partial charge is 0.326 e. The van der Waals surface area contributed by atoms with Crippen molar-refractivity contribution in [3.05, 3.63) is 23.4 Å². The third kappa shape index (κ3) is 5.17. The molecule has 0 fully saturated rings. The zero-order valence-electron chi connectivity index (χ0n) is 13.0. The van der Waals surface area contributed by atoms with Crippen molar-refractivity contribution in [1.29, 1.82) is 0 Å². The van der Waals surface area contributed by atoms with Crippen LogP contribution in [0, 0.1) is 5.92 Å². The van der Waals surface area contributed by atoms with Crippen molar-refractivity contribution in [3.63, 3.8) is 0 Å². The number of aryl methyl sites for hydroxylation is 1. The second-order valence-corrected chi connectivity index (χ2v) is 6.52. The summed E-state index contributed by atoms with van der Waals surface area (Å²) in [6.07, 6.45) is 0.774. The molecule has 0 saturated heterocycles. The maximum atomic E-state index is 11.9. The average Bonchev–Trinajstić information content (AvgIpc) is 3.14. The van der Waals surface area contributed by atoms with Crippen molar-refractivity contribution in [1.82, 2.24) is 15.5 Å². The number of carbonyl (C=O) groups excluding carboxylic acids is 1. The Hall–Kier alpha value is -2.22. The number of carbonyl (C=O) groups is 2. The molecule has 0 radical (unpaired) electrons. The molecule has 2 aromatic rings. The van der Waals surface area contributed by atoms with Gasteiger partial charge in [0.05, 0.1) is 4.88 Å². The van der Waals surface area contributed by atoms with Crippen LogP contribution in [-0.4, -0.2) is 33.2 Å². The van der Waals surface area contributed by atoms with E-state index in [1.165, 1.54) is 11.3 Å². The molecule has 0 spiro atoms. The molecule has 2 aromatic heterocycles. The van der Waals surface area contributed by atoms with E-state index < -0.39 is 12.0 Å². The standard InChI is InChI=1S/C15H19N3O4S/c1-9(2)8-10(15(20)21)16-12(19)5-6-13-17-14(18-22-13)11-4-3-7-23-11/h3-4,7,9-10H,5-6,8H2,1-2H3,(H,16,19)(H,20,21)/t10-/m1/s1. The average molecular weight is 337 g/mol. The summed E-state index contributed by atoms with van der Waals surface area (Å²) in [6, 6.07) is 2.91. The third-order valence-corrected chi connectivity index (χ3v) is 3.98. The number of nitrogens with one attached hydrogen (secondary N) is 1. The molecule has 0 aliphatic carbocycles. The highest BCUT2D eigenvalue weighted by Gasteiger charge is 2.21. The molecular formula is C15H19N3O4S. The predicted molar refractivity (Wildman–Crippen MR) is 85.0 cm³/mol. The van der Waals surface area contributed by atoms with Gasteiger partial charge in [0.25, 0.3) is 0 Å². The largest absolute Gasteiger partial charge is 0.480 e. The molecule has 2 N–H and O–H groups in total. The van der Waals surface area contributed by atoms with Crippen LogP contribution in [0.1, 0.15) is 32.6 Å². The summed E-state index contributed by atoms with van der Waals surface area (Å²) in [7, 11) is 0. The van der Waals surface area contributed by atoms with Crippen molar-refractivity contribution >= 4 is 23.2 Å². The maximum Gasteiger partial charge on any atom is 0.326 e. The summed E-state index contributed by atoms with van der Waals surface area (Å²) >= 11 is 1.50. The number of rotatable bonds is 8. The van der Waals surface area contributed by atoms with Gasteiger partial charge in [0, 0.05) is 12.8 Å². The highest BCUT2D eigenvalue weighted by Crippen LogP contribution is 2.21. The number of hydrogen-bond donors (Lipinski definition) is 2. The van der Waals surface area contributed by atoms with E-state index in [1.54, 1.807) is 0 Å². The molecule has 1 amide bonds. The van der Waals surface area contributed by atoms with Gasteiger partial charge in [-0.1, -0.05) is 25.1 Å². The highest BCUT2D eigenvalue weighted by molar-refractivity contribution is 7.13. The quantitative estimate of drug-likeness (QED) is 0.766. The topological polar surface area (TPSA) is 105 Å².